The van der Waals surface area contributed by atoms with Crippen molar-refractivity contribution in [1.29, 1.82) is 0 Å². The lowest BCUT2D eigenvalue weighted by atomic mass is 10.2. The first-order chi connectivity index (χ1) is 16.7. The molecule has 34 heavy (non-hydrogen) atoms. The topological polar surface area (TPSA) is 92.9 Å². The maximum Gasteiger partial charge on any atom is 0.250 e. The Hall–Kier alpha value is -3.50. The Morgan fingerprint density at radius 3 is 2.03 bits per heavy atom. The summed E-state index contributed by atoms with van der Waals surface area (Å²) in [7, 11) is 0. The van der Waals surface area contributed by atoms with Gasteiger partial charge in [-0.25, -0.2) is 5.43 Å². The maximum atomic E-state index is 5.49. The third-order valence-corrected chi connectivity index (χ3v) is 6.05. The van der Waals surface area contributed by atoms with E-state index < -0.39 is 0 Å². The highest BCUT2D eigenvalue weighted by molar-refractivity contribution is 5.82. The fraction of sp³-hybridized carbons (Fsp3) is 0.417. The van der Waals surface area contributed by atoms with Gasteiger partial charge in [-0.15, -0.1) is 0 Å². The lowest BCUT2D eigenvalue weighted by Gasteiger charge is -2.30. The normalized spacial score (nSPS) is 16.9. The highest BCUT2D eigenvalue weighted by Gasteiger charge is 2.20. The van der Waals surface area contributed by atoms with Crippen LogP contribution in [0.15, 0.2) is 41.5 Å². The van der Waals surface area contributed by atoms with Crippen LogP contribution in [0.1, 0.15) is 17.0 Å². The van der Waals surface area contributed by atoms with Crippen molar-refractivity contribution in [3.8, 4) is 5.69 Å². The third kappa shape index (κ3) is 4.87. The van der Waals surface area contributed by atoms with E-state index in [2.05, 4.69) is 66.9 Å². The van der Waals surface area contributed by atoms with E-state index in [1.807, 2.05) is 24.4 Å². The van der Waals surface area contributed by atoms with E-state index >= 15 is 0 Å². The van der Waals surface area contributed by atoms with E-state index in [1.54, 1.807) is 0 Å². The van der Waals surface area contributed by atoms with Crippen LogP contribution in [0.4, 0.5) is 17.8 Å². The van der Waals surface area contributed by atoms with Crippen LogP contribution in [-0.4, -0.2) is 78.3 Å². The number of rotatable bonds is 6. The zero-order valence-electron chi connectivity index (χ0n) is 19.6. The average Bonchev–Trinajstić information content (AvgIpc) is 3.18. The van der Waals surface area contributed by atoms with Crippen molar-refractivity contribution in [1.82, 2.24) is 19.5 Å². The molecular weight excluding hydrogens is 432 g/mol. The zero-order valence-corrected chi connectivity index (χ0v) is 19.6. The molecule has 0 amide bonds. The third-order valence-electron chi connectivity index (χ3n) is 6.05. The van der Waals surface area contributed by atoms with Crippen LogP contribution in [0.3, 0.4) is 0 Å². The second-order valence-corrected chi connectivity index (χ2v) is 8.33. The van der Waals surface area contributed by atoms with Crippen molar-refractivity contribution in [2.24, 2.45) is 5.10 Å². The summed E-state index contributed by atoms with van der Waals surface area (Å²) in [5, 5.41) is 4.47. The summed E-state index contributed by atoms with van der Waals surface area (Å²) in [4.78, 5) is 18.3. The summed E-state index contributed by atoms with van der Waals surface area (Å²) in [5.74, 6) is 1.70. The van der Waals surface area contributed by atoms with E-state index in [4.69, 9.17) is 14.5 Å². The number of hydrogen-bond acceptors (Lipinski definition) is 9. The number of hydrazone groups is 1. The van der Waals surface area contributed by atoms with Crippen molar-refractivity contribution >= 4 is 24.1 Å². The molecule has 2 fully saturated rings. The molecule has 10 heteroatoms. The van der Waals surface area contributed by atoms with Gasteiger partial charge in [0.25, 0.3) is 0 Å². The Morgan fingerprint density at radius 1 is 0.853 bits per heavy atom. The molecule has 3 aromatic rings. The lowest BCUT2D eigenvalue weighted by Crippen LogP contribution is -2.40. The van der Waals surface area contributed by atoms with Gasteiger partial charge in [0.2, 0.25) is 17.8 Å². The van der Waals surface area contributed by atoms with Gasteiger partial charge in [0.15, 0.2) is 0 Å². The van der Waals surface area contributed by atoms with Gasteiger partial charge < -0.3 is 23.8 Å². The molecule has 4 heterocycles. The summed E-state index contributed by atoms with van der Waals surface area (Å²) < 4.78 is 13.2. The van der Waals surface area contributed by atoms with Crippen molar-refractivity contribution in [3.05, 3.63) is 53.3 Å². The standard InChI is InChI=1S/C24H30N8O2/c1-18-16-20(19(2)32(18)21-6-4-3-5-7-21)17-25-29-22-26-23(30-8-12-33-13-9-30)28-24(27-22)31-10-14-34-15-11-31/h3-7,16-17H,8-15H2,1-2H3,(H,26,27,28,29)/b25-17-. The van der Waals surface area contributed by atoms with E-state index in [1.165, 1.54) is 0 Å². The molecule has 2 saturated heterocycles. The van der Waals surface area contributed by atoms with Crippen LogP contribution in [0, 0.1) is 13.8 Å². The molecule has 1 N–H and O–H groups in total. The fourth-order valence-corrected chi connectivity index (χ4v) is 4.27. The first kappa shape index (κ1) is 22.3. The first-order valence-electron chi connectivity index (χ1n) is 11.6. The van der Waals surface area contributed by atoms with E-state index in [9.17, 15) is 0 Å². The Morgan fingerprint density at radius 2 is 1.44 bits per heavy atom. The van der Waals surface area contributed by atoms with Gasteiger partial charge in [-0.3, -0.25) is 0 Å². The molecule has 178 valence electrons. The first-order valence-corrected chi connectivity index (χ1v) is 11.6. The zero-order chi connectivity index (χ0) is 23.3. The number of nitrogens with zero attached hydrogens (tertiary/aromatic N) is 7. The number of hydrogen-bond donors (Lipinski definition) is 1. The second-order valence-electron chi connectivity index (χ2n) is 8.33. The molecule has 0 saturated carbocycles. The van der Waals surface area contributed by atoms with E-state index in [0.29, 0.717) is 44.3 Å². The Bertz CT molecular complexity index is 1100. The highest BCUT2D eigenvalue weighted by Crippen LogP contribution is 2.21. The van der Waals surface area contributed by atoms with Crippen molar-refractivity contribution in [2.75, 3.05) is 67.8 Å². The van der Waals surface area contributed by atoms with E-state index in [0.717, 1.165) is 48.8 Å². The van der Waals surface area contributed by atoms with Crippen molar-refractivity contribution < 1.29 is 9.47 Å². The molecule has 1 aromatic carbocycles. The summed E-state index contributed by atoms with van der Waals surface area (Å²) in [6.45, 7) is 9.85. The molecule has 0 atom stereocenters. The monoisotopic (exact) mass is 462 g/mol. The Kier molecular flexibility index (Phi) is 6.68. The number of para-hydroxylation sites is 1. The molecule has 0 unspecified atom stereocenters. The van der Waals surface area contributed by atoms with Gasteiger partial charge in [-0.1, -0.05) is 18.2 Å². The molecule has 2 aliphatic rings. The van der Waals surface area contributed by atoms with Crippen LogP contribution in [0.2, 0.25) is 0 Å². The molecule has 0 spiro atoms. The van der Waals surface area contributed by atoms with Gasteiger partial charge in [-0.2, -0.15) is 20.1 Å². The predicted octanol–water partition coefficient (Wildman–Crippen LogP) is 2.40. The predicted molar refractivity (Wildman–Crippen MR) is 132 cm³/mol. The number of benzene rings is 1. The van der Waals surface area contributed by atoms with Crippen LogP contribution >= 0.6 is 0 Å². The molecule has 10 nitrogen and oxygen atoms in total. The average molecular weight is 463 g/mol. The van der Waals surface area contributed by atoms with Gasteiger partial charge in [0.1, 0.15) is 0 Å². The van der Waals surface area contributed by atoms with Crippen LogP contribution in [-0.2, 0) is 9.47 Å². The number of nitrogens with one attached hydrogen (secondary N) is 1. The van der Waals surface area contributed by atoms with Gasteiger partial charge in [0.05, 0.1) is 32.6 Å². The minimum atomic E-state index is 0.422. The molecule has 0 aliphatic carbocycles. The second kappa shape index (κ2) is 10.2. The quantitative estimate of drug-likeness (QED) is 0.441. The summed E-state index contributed by atoms with van der Waals surface area (Å²) in [6, 6.07) is 12.4. The van der Waals surface area contributed by atoms with Crippen molar-refractivity contribution in [3.63, 3.8) is 0 Å². The number of aryl methyl sites for hydroxylation is 1. The van der Waals surface area contributed by atoms with Crippen LogP contribution < -0.4 is 15.2 Å². The lowest BCUT2D eigenvalue weighted by molar-refractivity contribution is 0.121. The van der Waals surface area contributed by atoms with Gasteiger partial charge >= 0.3 is 0 Å². The molecular formula is C24H30N8O2. The maximum absolute atomic E-state index is 5.49. The molecule has 5 rings (SSSR count). The SMILES string of the molecule is Cc1cc(/C=N\Nc2nc(N3CCOCC3)nc(N3CCOCC3)n2)c(C)n1-c1ccccc1. The number of ether oxygens (including phenoxy) is 2. The van der Waals surface area contributed by atoms with Crippen LogP contribution in [0.25, 0.3) is 5.69 Å². The molecule has 2 aromatic heterocycles. The number of anilines is 3. The van der Waals surface area contributed by atoms with Gasteiger partial charge in [-0.05, 0) is 32.0 Å². The fourth-order valence-electron chi connectivity index (χ4n) is 4.27. The summed E-state index contributed by atoms with van der Waals surface area (Å²) in [6.07, 6.45) is 1.81. The van der Waals surface area contributed by atoms with Crippen LogP contribution in [0.5, 0.6) is 0 Å². The Labute approximate surface area is 199 Å². The molecule has 0 radical (unpaired) electrons. The number of morpholine rings is 2. The summed E-state index contributed by atoms with van der Waals surface area (Å²) in [5.41, 5.74) is 7.46. The molecule has 0 bridgehead atoms. The molecule has 2 aliphatic heterocycles. The minimum absolute atomic E-state index is 0.422. The van der Waals surface area contributed by atoms with E-state index in [-0.39, 0.29) is 0 Å². The van der Waals surface area contributed by atoms with Gasteiger partial charge in [0, 0.05) is 48.8 Å². The smallest absolute Gasteiger partial charge is 0.250 e. The summed E-state index contributed by atoms with van der Waals surface area (Å²) >= 11 is 0. The minimum Gasteiger partial charge on any atom is -0.378 e. The highest BCUT2D eigenvalue weighted by atomic mass is 16.5. The number of aromatic nitrogens is 4. The largest absolute Gasteiger partial charge is 0.378 e. The van der Waals surface area contributed by atoms with Crippen molar-refractivity contribution in [2.45, 2.75) is 13.8 Å². The Balaban J connectivity index is 1.38.